The van der Waals surface area contributed by atoms with Crippen LogP contribution in [0.5, 0.6) is 0 Å². The van der Waals surface area contributed by atoms with E-state index in [-0.39, 0.29) is 0 Å². The van der Waals surface area contributed by atoms with Crippen LogP contribution in [0, 0.1) is 0 Å². The number of nitrogens with two attached hydrogens (primary N) is 1. The summed E-state index contributed by atoms with van der Waals surface area (Å²) in [7, 11) is 0. The molecule has 0 bridgehead atoms. The summed E-state index contributed by atoms with van der Waals surface area (Å²) in [6.45, 7) is 0. The fraction of sp³-hybridized carbons (Fsp3) is 0. The van der Waals surface area contributed by atoms with Crippen molar-refractivity contribution >= 4 is 5.96 Å². The van der Waals surface area contributed by atoms with Gasteiger partial charge in [0.05, 0.1) is 0 Å². The van der Waals surface area contributed by atoms with Gasteiger partial charge in [-0.2, -0.15) is 0 Å². The number of rotatable bonds is 0. The number of hydrogen-bond donors (Lipinski definition) is 2. The van der Waals surface area contributed by atoms with Gasteiger partial charge in [0, 0.05) is 12.4 Å². The van der Waals surface area contributed by atoms with Crippen LogP contribution in [0.1, 0.15) is 0 Å². The third-order valence-corrected chi connectivity index (χ3v) is 0.738. The Labute approximate surface area is 47.6 Å². The van der Waals surface area contributed by atoms with Crippen LogP contribution in [0.3, 0.4) is 0 Å². The topological polar surface area (TPSA) is 50.4 Å². The third-order valence-electron chi connectivity index (χ3n) is 0.738. The molecule has 1 rings (SSSR count). The predicted molar refractivity (Wildman–Crippen MR) is 33.0 cm³/mol. The molecule has 1 aliphatic rings. The summed E-state index contributed by atoms with van der Waals surface area (Å²) in [4.78, 5) is 3.76. The van der Waals surface area contributed by atoms with Gasteiger partial charge in [-0.25, -0.2) is 4.99 Å². The van der Waals surface area contributed by atoms with Crippen molar-refractivity contribution in [2.75, 3.05) is 0 Å². The standard InChI is InChI=1S/C5H7N3/c6-5-7-3-1-2-4-8-5/h1-4H,(H3,6,7,8). The summed E-state index contributed by atoms with van der Waals surface area (Å²) < 4.78 is 0. The summed E-state index contributed by atoms with van der Waals surface area (Å²) in [5.41, 5.74) is 5.27. The van der Waals surface area contributed by atoms with E-state index >= 15 is 0 Å². The molecule has 3 heteroatoms. The van der Waals surface area contributed by atoms with Crippen molar-refractivity contribution < 1.29 is 0 Å². The van der Waals surface area contributed by atoms with Crippen LogP contribution >= 0.6 is 0 Å². The Morgan fingerprint density at radius 3 is 3.25 bits per heavy atom. The van der Waals surface area contributed by atoms with Crippen molar-refractivity contribution in [3.8, 4) is 0 Å². The monoisotopic (exact) mass is 109 g/mol. The van der Waals surface area contributed by atoms with Gasteiger partial charge in [0.2, 0.25) is 0 Å². The maximum absolute atomic E-state index is 5.27. The number of guanidine groups is 1. The summed E-state index contributed by atoms with van der Waals surface area (Å²) in [5, 5.41) is 2.73. The van der Waals surface area contributed by atoms with E-state index in [0.29, 0.717) is 5.96 Å². The van der Waals surface area contributed by atoms with Crippen molar-refractivity contribution in [2.45, 2.75) is 0 Å². The molecule has 1 aliphatic heterocycles. The molecule has 0 amide bonds. The van der Waals surface area contributed by atoms with Crippen LogP contribution in [0.2, 0.25) is 0 Å². The molecule has 0 aromatic heterocycles. The zero-order valence-corrected chi connectivity index (χ0v) is 4.33. The quantitative estimate of drug-likeness (QED) is 0.457. The molecule has 0 unspecified atom stereocenters. The highest BCUT2D eigenvalue weighted by molar-refractivity contribution is 5.79. The fourth-order valence-corrected chi connectivity index (χ4v) is 0.399. The minimum Gasteiger partial charge on any atom is -0.369 e. The Hall–Kier alpha value is -1.25. The normalized spacial score (nSPS) is 16.8. The molecule has 0 spiro atoms. The Morgan fingerprint density at radius 1 is 1.50 bits per heavy atom. The zero-order valence-electron chi connectivity index (χ0n) is 4.33. The van der Waals surface area contributed by atoms with Gasteiger partial charge in [-0.05, 0) is 12.2 Å². The largest absolute Gasteiger partial charge is 0.369 e. The smallest absolute Gasteiger partial charge is 0.197 e. The van der Waals surface area contributed by atoms with Crippen molar-refractivity contribution in [3.63, 3.8) is 0 Å². The van der Waals surface area contributed by atoms with E-state index in [1.807, 2.05) is 6.08 Å². The number of hydrogen-bond acceptors (Lipinski definition) is 3. The molecule has 3 nitrogen and oxygen atoms in total. The van der Waals surface area contributed by atoms with Gasteiger partial charge in [-0.3, -0.25) is 0 Å². The van der Waals surface area contributed by atoms with Gasteiger partial charge >= 0.3 is 0 Å². The molecule has 1 heterocycles. The molecule has 0 saturated carbocycles. The van der Waals surface area contributed by atoms with E-state index in [4.69, 9.17) is 5.73 Å². The van der Waals surface area contributed by atoms with E-state index in [1.54, 1.807) is 18.5 Å². The molecule has 8 heavy (non-hydrogen) atoms. The van der Waals surface area contributed by atoms with Crippen molar-refractivity contribution in [1.29, 1.82) is 0 Å². The van der Waals surface area contributed by atoms with Gasteiger partial charge in [-0.15, -0.1) is 0 Å². The number of aliphatic imine (C=N–C) groups is 1. The first-order valence-corrected chi connectivity index (χ1v) is 2.31. The Bertz CT molecular complexity index is 155. The van der Waals surface area contributed by atoms with Gasteiger partial charge < -0.3 is 11.1 Å². The lowest BCUT2D eigenvalue weighted by Gasteiger charge is -1.91. The van der Waals surface area contributed by atoms with Gasteiger partial charge in [0.15, 0.2) is 5.96 Å². The molecule has 0 fully saturated rings. The van der Waals surface area contributed by atoms with E-state index < -0.39 is 0 Å². The lowest BCUT2D eigenvalue weighted by molar-refractivity contribution is 1.23. The summed E-state index contributed by atoms with van der Waals surface area (Å²) in [6.07, 6.45) is 6.98. The van der Waals surface area contributed by atoms with E-state index in [2.05, 4.69) is 10.3 Å². The molecule has 0 aromatic rings. The third kappa shape index (κ3) is 1.11. The fourth-order valence-electron chi connectivity index (χ4n) is 0.399. The number of nitrogens with one attached hydrogen (secondary N) is 1. The highest BCUT2D eigenvalue weighted by Gasteiger charge is 1.82. The molecular weight excluding hydrogens is 102 g/mol. The average molecular weight is 109 g/mol. The van der Waals surface area contributed by atoms with Gasteiger partial charge in [0.25, 0.3) is 0 Å². The van der Waals surface area contributed by atoms with Crippen LogP contribution < -0.4 is 11.1 Å². The lowest BCUT2D eigenvalue weighted by Crippen LogP contribution is -2.25. The number of nitrogens with zero attached hydrogens (tertiary/aromatic N) is 1. The van der Waals surface area contributed by atoms with Crippen molar-refractivity contribution in [1.82, 2.24) is 5.32 Å². The first-order chi connectivity index (χ1) is 3.89. The highest BCUT2D eigenvalue weighted by Crippen LogP contribution is 1.80. The van der Waals surface area contributed by atoms with Crippen molar-refractivity contribution in [3.05, 3.63) is 24.6 Å². The maximum Gasteiger partial charge on any atom is 0.197 e. The maximum atomic E-state index is 5.27. The molecule has 3 N–H and O–H groups in total. The predicted octanol–water partition coefficient (Wildman–Crippen LogP) is -0.0683. The van der Waals surface area contributed by atoms with Crippen LogP contribution in [-0.4, -0.2) is 5.96 Å². The molecule has 42 valence electrons. The molecule has 0 aliphatic carbocycles. The first-order valence-electron chi connectivity index (χ1n) is 2.31. The van der Waals surface area contributed by atoms with E-state index in [0.717, 1.165) is 0 Å². The van der Waals surface area contributed by atoms with Crippen LogP contribution in [-0.2, 0) is 0 Å². The Morgan fingerprint density at radius 2 is 2.38 bits per heavy atom. The second kappa shape index (κ2) is 2.16. The first kappa shape index (κ1) is 4.90. The number of allylic oxidation sites excluding steroid dienone is 2. The van der Waals surface area contributed by atoms with E-state index in [9.17, 15) is 0 Å². The van der Waals surface area contributed by atoms with Crippen LogP contribution in [0.15, 0.2) is 29.5 Å². The van der Waals surface area contributed by atoms with Crippen LogP contribution in [0.4, 0.5) is 0 Å². The van der Waals surface area contributed by atoms with E-state index in [1.165, 1.54) is 0 Å². The summed E-state index contributed by atoms with van der Waals surface area (Å²) >= 11 is 0. The molecule has 0 radical (unpaired) electrons. The van der Waals surface area contributed by atoms with Crippen molar-refractivity contribution in [2.24, 2.45) is 10.7 Å². The SMILES string of the molecule is NC1=NC=CC=CN1. The zero-order chi connectivity index (χ0) is 5.82. The minimum atomic E-state index is 0.426. The lowest BCUT2D eigenvalue weighted by atomic mass is 10.6. The molecular formula is C5H7N3. The van der Waals surface area contributed by atoms with Gasteiger partial charge in [-0.1, -0.05) is 0 Å². The molecule has 0 saturated heterocycles. The highest BCUT2D eigenvalue weighted by atomic mass is 15.1. The second-order valence-corrected chi connectivity index (χ2v) is 1.36. The van der Waals surface area contributed by atoms with Gasteiger partial charge in [0.1, 0.15) is 0 Å². The molecule has 0 aromatic carbocycles. The Balaban J connectivity index is 2.69. The minimum absolute atomic E-state index is 0.426. The Kier molecular flexibility index (Phi) is 1.32. The summed E-state index contributed by atoms with van der Waals surface area (Å²) in [5.74, 6) is 0.426. The summed E-state index contributed by atoms with van der Waals surface area (Å²) in [6, 6.07) is 0. The molecule has 0 atom stereocenters. The average Bonchev–Trinajstić information content (AvgIpc) is 1.94. The van der Waals surface area contributed by atoms with Crippen LogP contribution in [0.25, 0.3) is 0 Å². The second-order valence-electron chi connectivity index (χ2n) is 1.36.